The summed E-state index contributed by atoms with van der Waals surface area (Å²) in [6, 6.07) is 7.46. The molecule has 24 heavy (non-hydrogen) atoms. The summed E-state index contributed by atoms with van der Waals surface area (Å²) in [7, 11) is 0. The molecule has 1 aromatic rings. The van der Waals surface area contributed by atoms with Gasteiger partial charge in [0.1, 0.15) is 6.10 Å². The largest absolute Gasteiger partial charge is 0.442 e. The summed E-state index contributed by atoms with van der Waals surface area (Å²) in [4.78, 5) is 14.3. The van der Waals surface area contributed by atoms with Crippen LogP contribution in [-0.4, -0.2) is 48.9 Å². The van der Waals surface area contributed by atoms with Crippen molar-refractivity contribution in [1.29, 1.82) is 0 Å². The Morgan fingerprint density at radius 1 is 1.50 bits per heavy atom. The molecule has 2 N–H and O–H groups in total. The van der Waals surface area contributed by atoms with Gasteiger partial charge in [-0.15, -0.1) is 11.8 Å². The molecule has 3 atom stereocenters. The zero-order valence-electron chi connectivity index (χ0n) is 13.3. The second-order valence-electron chi connectivity index (χ2n) is 5.79. The number of nitrogens with zero attached hydrogens (tertiary/aromatic N) is 1. The maximum Gasteiger partial charge on any atom is 0.414 e. The summed E-state index contributed by atoms with van der Waals surface area (Å²) in [5, 5.41) is 5.65. The molecule has 1 aromatic carbocycles. The number of cyclic esters (lactones) is 1. The number of hydrogen-bond acceptors (Lipinski definition) is 5. The molecule has 3 rings (SSSR count). The van der Waals surface area contributed by atoms with Gasteiger partial charge in [-0.3, -0.25) is 10.2 Å². The van der Waals surface area contributed by atoms with Crippen molar-refractivity contribution in [1.82, 2.24) is 10.6 Å². The summed E-state index contributed by atoms with van der Waals surface area (Å²) < 4.78 is 19.3. The summed E-state index contributed by atoms with van der Waals surface area (Å²) in [5.41, 5.74) is 1.68. The lowest BCUT2D eigenvalue weighted by atomic mass is 10.1. The van der Waals surface area contributed by atoms with Crippen molar-refractivity contribution in [3.05, 3.63) is 29.8 Å². The van der Waals surface area contributed by atoms with Crippen LogP contribution in [0.3, 0.4) is 0 Å². The molecule has 2 fully saturated rings. The van der Waals surface area contributed by atoms with E-state index < -0.39 is 6.30 Å². The van der Waals surface area contributed by atoms with E-state index in [-0.39, 0.29) is 17.4 Å². The smallest absolute Gasteiger partial charge is 0.414 e. The van der Waals surface area contributed by atoms with Crippen LogP contribution in [0.4, 0.5) is 14.9 Å². The molecule has 8 heteroatoms. The SMILES string of the molecule is CC(=S)NC[C@H]1CN(c2ccc(C3SCCNC3F)cc2)C(=O)O1. The van der Waals surface area contributed by atoms with Gasteiger partial charge in [0.2, 0.25) is 0 Å². The van der Waals surface area contributed by atoms with E-state index in [1.165, 1.54) is 0 Å². The third kappa shape index (κ3) is 3.99. The van der Waals surface area contributed by atoms with E-state index in [2.05, 4.69) is 10.6 Å². The molecule has 2 saturated heterocycles. The van der Waals surface area contributed by atoms with E-state index in [0.29, 0.717) is 24.6 Å². The quantitative estimate of drug-likeness (QED) is 0.629. The lowest BCUT2D eigenvalue weighted by Gasteiger charge is -2.27. The van der Waals surface area contributed by atoms with Crippen LogP contribution in [0.25, 0.3) is 0 Å². The van der Waals surface area contributed by atoms with Crippen LogP contribution < -0.4 is 15.5 Å². The first-order chi connectivity index (χ1) is 11.5. The molecule has 0 spiro atoms. The van der Waals surface area contributed by atoms with Gasteiger partial charge in [-0.05, 0) is 24.6 Å². The van der Waals surface area contributed by atoms with Crippen molar-refractivity contribution in [2.45, 2.75) is 24.6 Å². The molecule has 0 aromatic heterocycles. The molecule has 5 nitrogen and oxygen atoms in total. The van der Waals surface area contributed by atoms with Crippen molar-refractivity contribution in [2.75, 3.05) is 30.3 Å². The Morgan fingerprint density at radius 2 is 2.25 bits per heavy atom. The lowest BCUT2D eigenvalue weighted by molar-refractivity contribution is 0.143. The van der Waals surface area contributed by atoms with Gasteiger partial charge in [-0.2, -0.15) is 0 Å². The summed E-state index contributed by atoms with van der Waals surface area (Å²) in [6.07, 6.45) is -1.64. The molecule has 130 valence electrons. The molecular formula is C16H20FN3O2S2. The normalized spacial score (nSPS) is 27.0. The molecule has 0 bridgehead atoms. The van der Waals surface area contributed by atoms with Crippen LogP contribution >= 0.6 is 24.0 Å². The minimum Gasteiger partial charge on any atom is -0.442 e. The molecule has 0 saturated carbocycles. The van der Waals surface area contributed by atoms with Crippen molar-refractivity contribution in [3.8, 4) is 0 Å². The second-order valence-corrected chi connectivity index (χ2v) is 7.65. The van der Waals surface area contributed by atoms with E-state index in [4.69, 9.17) is 17.0 Å². The van der Waals surface area contributed by atoms with E-state index in [1.807, 2.05) is 24.3 Å². The third-order valence-electron chi connectivity index (χ3n) is 3.99. The third-order valence-corrected chi connectivity index (χ3v) is 5.45. The van der Waals surface area contributed by atoms with Crippen LogP contribution in [-0.2, 0) is 4.74 Å². The van der Waals surface area contributed by atoms with Gasteiger partial charge in [0, 0.05) is 18.0 Å². The first kappa shape index (κ1) is 17.4. The fraction of sp³-hybridized carbons (Fsp3) is 0.500. The average Bonchev–Trinajstić information content (AvgIpc) is 2.94. The number of alkyl halides is 1. The highest BCUT2D eigenvalue weighted by Gasteiger charge is 2.32. The van der Waals surface area contributed by atoms with Gasteiger partial charge in [-0.1, -0.05) is 24.4 Å². The number of carbonyl (C=O) groups is 1. The van der Waals surface area contributed by atoms with Crippen molar-refractivity contribution in [2.24, 2.45) is 0 Å². The molecule has 0 radical (unpaired) electrons. The van der Waals surface area contributed by atoms with E-state index in [0.717, 1.165) is 17.0 Å². The number of anilines is 1. The average molecular weight is 369 g/mol. The zero-order valence-corrected chi connectivity index (χ0v) is 15.0. The second kappa shape index (κ2) is 7.67. The Kier molecular flexibility index (Phi) is 5.57. The maximum atomic E-state index is 14.0. The van der Waals surface area contributed by atoms with Crippen molar-refractivity contribution in [3.63, 3.8) is 0 Å². The van der Waals surface area contributed by atoms with Gasteiger partial charge < -0.3 is 10.1 Å². The van der Waals surface area contributed by atoms with E-state index >= 15 is 0 Å². The van der Waals surface area contributed by atoms with E-state index in [1.54, 1.807) is 23.6 Å². The fourth-order valence-corrected chi connectivity index (χ4v) is 3.97. The van der Waals surface area contributed by atoms with Crippen LogP contribution in [0.15, 0.2) is 24.3 Å². The minimum absolute atomic E-state index is 0.208. The van der Waals surface area contributed by atoms with Crippen molar-refractivity contribution >= 4 is 40.7 Å². The monoisotopic (exact) mass is 369 g/mol. The number of nitrogens with one attached hydrogen (secondary N) is 2. The molecule has 2 heterocycles. The standard InChI is InChI=1S/C16H20FN3O2S2/c1-10(23)19-8-13-9-20(16(21)22-13)12-4-2-11(3-5-12)14-15(17)18-6-7-24-14/h2-5,13-15,18H,6-9H2,1H3,(H,19,23)/t13-,14?,15?/m0/s1. The fourth-order valence-electron chi connectivity index (χ4n) is 2.78. The Bertz CT molecular complexity index is 614. The van der Waals surface area contributed by atoms with Gasteiger partial charge in [0.25, 0.3) is 0 Å². The first-order valence-corrected chi connectivity index (χ1v) is 9.32. The van der Waals surface area contributed by atoms with Crippen LogP contribution in [0.1, 0.15) is 17.7 Å². The van der Waals surface area contributed by atoms with Crippen LogP contribution in [0.5, 0.6) is 0 Å². The Morgan fingerprint density at radius 3 is 2.92 bits per heavy atom. The number of hydrogen-bond donors (Lipinski definition) is 2. The number of thioether (sulfide) groups is 1. The highest BCUT2D eigenvalue weighted by molar-refractivity contribution is 7.99. The Hall–Kier alpha value is -1.38. The van der Waals surface area contributed by atoms with E-state index in [9.17, 15) is 9.18 Å². The molecular weight excluding hydrogens is 349 g/mol. The van der Waals surface area contributed by atoms with Crippen LogP contribution in [0.2, 0.25) is 0 Å². The van der Waals surface area contributed by atoms with Crippen molar-refractivity contribution < 1.29 is 13.9 Å². The molecule has 1 amide bonds. The maximum absolute atomic E-state index is 14.0. The summed E-state index contributed by atoms with van der Waals surface area (Å²) in [6.45, 7) is 3.46. The highest BCUT2D eigenvalue weighted by Crippen LogP contribution is 2.36. The minimum atomic E-state index is -1.04. The zero-order chi connectivity index (χ0) is 17.1. The van der Waals surface area contributed by atoms with Gasteiger partial charge in [0.05, 0.1) is 23.3 Å². The number of halogens is 1. The number of thiocarbonyl (C=S) groups is 1. The Labute approximate surface area is 150 Å². The number of benzene rings is 1. The summed E-state index contributed by atoms with van der Waals surface area (Å²) >= 11 is 6.57. The van der Waals surface area contributed by atoms with Gasteiger partial charge in [-0.25, -0.2) is 9.18 Å². The number of ether oxygens (including phenoxy) is 1. The summed E-state index contributed by atoms with van der Waals surface area (Å²) in [5.74, 6) is 0.888. The highest BCUT2D eigenvalue weighted by atomic mass is 32.2. The van der Waals surface area contributed by atoms with Gasteiger partial charge >= 0.3 is 6.09 Å². The number of amides is 1. The first-order valence-electron chi connectivity index (χ1n) is 7.86. The predicted octanol–water partition coefficient (Wildman–Crippen LogP) is 2.62. The molecule has 2 unspecified atom stereocenters. The van der Waals surface area contributed by atoms with Gasteiger partial charge in [0.15, 0.2) is 6.30 Å². The topological polar surface area (TPSA) is 53.6 Å². The molecule has 2 aliphatic rings. The number of rotatable bonds is 4. The lowest BCUT2D eigenvalue weighted by Crippen LogP contribution is -2.36. The molecule has 2 aliphatic heterocycles. The number of carbonyl (C=O) groups excluding carboxylic acids is 1. The predicted molar refractivity (Wildman–Crippen MR) is 98.4 cm³/mol. The Balaban J connectivity index is 1.65. The van der Waals surface area contributed by atoms with Crippen LogP contribution in [0, 0.1) is 0 Å². The molecule has 0 aliphatic carbocycles.